The Morgan fingerprint density at radius 1 is 0.370 bits per heavy atom. The molecule has 100 heavy (non-hydrogen) atoms. The molecule has 574 valence electrons. The second-order valence-electron chi connectivity index (χ2n) is 27.8. The van der Waals surface area contributed by atoms with Crippen molar-refractivity contribution in [2.24, 2.45) is 0 Å². The van der Waals surface area contributed by atoms with E-state index in [1.165, 1.54) is 161 Å². The van der Waals surface area contributed by atoms with Gasteiger partial charge in [0.1, 0.15) is 48.8 Å². The van der Waals surface area contributed by atoms with Crippen LogP contribution in [0.2, 0.25) is 0 Å². The highest BCUT2D eigenvalue weighted by Gasteiger charge is 2.51. The SMILES string of the molecule is CC/C=C\C/C=C\C/C=C\C/C=C\C/C=C\C/C=C\C/C=C\C/C=C\C/C=C\C/C=C\C/C=C\CCCCCC(=O)NC(COC1OC(CO)C(OC2OC(CO)C(O)C(O)C2O)C(O)C1O)C(O)CCCCCCCCCCCCCCCCCCCCCCCCCCCCCCC. The van der Waals surface area contributed by atoms with Gasteiger partial charge in [-0.2, -0.15) is 0 Å². The van der Waals surface area contributed by atoms with E-state index in [0.717, 1.165) is 116 Å². The van der Waals surface area contributed by atoms with Crippen LogP contribution < -0.4 is 5.32 Å². The number of carbonyl (C=O) groups is 1. The molecule has 0 aromatic rings. The van der Waals surface area contributed by atoms with E-state index in [1.807, 2.05) is 0 Å². The predicted molar refractivity (Wildman–Crippen MR) is 415 cm³/mol. The first-order chi connectivity index (χ1) is 49.1. The summed E-state index contributed by atoms with van der Waals surface area (Å²) in [5.74, 6) is -0.240. The molecule has 2 aliphatic rings. The van der Waals surface area contributed by atoms with Crippen LogP contribution in [0.3, 0.4) is 0 Å². The van der Waals surface area contributed by atoms with Crippen molar-refractivity contribution in [2.45, 2.75) is 383 Å². The second-order valence-corrected chi connectivity index (χ2v) is 27.8. The van der Waals surface area contributed by atoms with E-state index in [9.17, 15) is 45.6 Å². The fourth-order valence-corrected chi connectivity index (χ4v) is 12.5. The Kier molecular flexibility index (Phi) is 62.9. The standard InChI is InChI=1S/C86H147NO13/c1-3-5-7-9-11-13-15-17-19-21-23-25-27-29-31-33-34-35-36-37-38-39-40-42-44-46-48-50-52-54-56-58-60-62-64-66-68-70-78(91)87-74(73-97-85-83(96)81(94)84(77(72-89)99-85)100-86-82(95)80(93)79(92)76(71-88)98-86)75(90)69-67-65-63-61-59-57-55-53-51-49-47-45-43-41-32-30-28-26-24-22-20-18-16-14-12-10-8-6-4-2/h5,7,11,13,17,19,23,25,29,31,34-35,37-38,40,42,46,48,52,54,58,60,74-77,79-86,88-90,92-96H,3-4,6,8-10,12,14-16,18,20-22,24,26-28,30,32-33,36,39,41,43-45,47,49-51,53,55-57,59,61-73H2,1-2H3,(H,87,91)/b7-5-,13-11-,19-17-,25-23-,31-29-,35-34-,38-37-,42-40-,48-46-,54-52-,60-58-. The van der Waals surface area contributed by atoms with E-state index in [2.05, 4.69) is 153 Å². The monoisotopic (exact) mass is 1400 g/mol. The van der Waals surface area contributed by atoms with Crippen molar-refractivity contribution in [3.8, 4) is 0 Å². The number of amides is 1. The molecule has 0 aliphatic carbocycles. The molecule has 12 unspecified atom stereocenters. The zero-order valence-electron chi connectivity index (χ0n) is 62.9. The molecule has 12 atom stereocenters. The average molecular weight is 1400 g/mol. The number of carbonyl (C=O) groups excluding carboxylic acids is 1. The highest BCUT2D eigenvalue weighted by Crippen LogP contribution is 2.30. The fourth-order valence-electron chi connectivity index (χ4n) is 12.5. The Bertz CT molecular complexity index is 2200. The first-order valence-electron chi connectivity index (χ1n) is 40.4. The van der Waals surface area contributed by atoms with Crippen LogP contribution in [-0.2, 0) is 23.7 Å². The van der Waals surface area contributed by atoms with Crippen molar-refractivity contribution in [2.75, 3.05) is 19.8 Å². The molecular formula is C86H147NO13. The molecular weight excluding hydrogens is 1250 g/mol. The van der Waals surface area contributed by atoms with Crippen molar-refractivity contribution in [3.63, 3.8) is 0 Å². The molecule has 2 saturated heterocycles. The van der Waals surface area contributed by atoms with Gasteiger partial charge in [-0.05, 0) is 96.3 Å². The minimum absolute atomic E-state index is 0.240. The summed E-state index contributed by atoms with van der Waals surface area (Å²) in [6, 6.07) is -0.859. The van der Waals surface area contributed by atoms with E-state index in [1.54, 1.807) is 0 Å². The van der Waals surface area contributed by atoms with E-state index in [4.69, 9.17) is 18.9 Å². The van der Waals surface area contributed by atoms with Gasteiger partial charge in [-0.25, -0.2) is 0 Å². The third kappa shape index (κ3) is 50.5. The van der Waals surface area contributed by atoms with E-state index in [-0.39, 0.29) is 18.9 Å². The Morgan fingerprint density at radius 2 is 0.690 bits per heavy atom. The normalized spacial score (nSPS) is 22.6. The van der Waals surface area contributed by atoms with Crippen molar-refractivity contribution >= 4 is 5.91 Å². The lowest BCUT2D eigenvalue weighted by molar-refractivity contribution is -0.359. The molecule has 2 aliphatic heterocycles. The smallest absolute Gasteiger partial charge is 0.220 e. The summed E-state index contributed by atoms with van der Waals surface area (Å²) in [5.41, 5.74) is 0. The number of rotatable bonds is 66. The molecule has 9 N–H and O–H groups in total. The van der Waals surface area contributed by atoms with Crippen LogP contribution in [0.4, 0.5) is 0 Å². The minimum Gasteiger partial charge on any atom is -0.394 e. The Morgan fingerprint density at radius 3 is 1.05 bits per heavy atom. The van der Waals surface area contributed by atoms with Crippen molar-refractivity contribution in [3.05, 3.63) is 134 Å². The number of aliphatic hydroxyl groups excluding tert-OH is 8. The highest BCUT2D eigenvalue weighted by atomic mass is 16.7. The Hall–Kier alpha value is -3.87. The van der Waals surface area contributed by atoms with Crippen LogP contribution in [0.25, 0.3) is 0 Å². The first kappa shape index (κ1) is 92.2. The Balaban J connectivity index is 1.65. The van der Waals surface area contributed by atoms with Crippen LogP contribution in [0, 0.1) is 0 Å². The second kappa shape index (κ2) is 68.3. The zero-order valence-corrected chi connectivity index (χ0v) is 62.9. The maximum Gasteiger partial charge on any atom is 0.220 e. The van der Waals surface area contributed by atoms with Gasteiger partial charge in [0.05, 0.1) is 32.0 Å². The summed E-state index contributed by atoms with van der Waals surface area (Å²) in [5, 5.41) is 87.8. The number of hydrogen-bond donors (Lipinski definition) is 9. The molecule has 2 rings (SSSR count). The van der Waals surface area contributed by atoms with Crippen LogP contribution >= 0.6 is 0 Å². The van der Waals surface area contributed by atoms with E-state index < -0.39 is 86.8 Å². The summed E-state index contributed by atoms with van der Waals surface area (Å²) < 4.78 is 23.0. The Labute approximate surface area is 609 Å². The van der Waals surface area contributed by atoms with Crippen LogP contribution in [0.15, 0.2) is 134 Å². The molecule has 14 heteroatoms. The number of aliphatic hydroxyl groups is 8. The highest BCUT2D eigenvalue weighted by molar-refractivity contribution is 5.76. The predicted octanol–water partition coefficient (Wildman–Crippen LogP) is 18.6. The van der Waals surface area contributed by atoms with Gasteiger partial charge in [-0.3, -0.25) is 4.79 Å². The summed E-state index contributed by atoms with van der Waals surface area (Å²) in [7, 11) is 0. The molecule has 0 bridgehead atoms. The van der Waals surface area contributed by atoms with Crippen LogP contribution in [0.5, 0.6) is 0 Å². The molecule has 1 amide bonds. The number of unbranched alkanes of at least 4 members (excludes halogenated alkanes) is 31. The number of ether oxygens (including phenoxy) is 4. The average Bonchev–Trinajstić information content (AvgIpc) is 0.791. The van der Waals surface area contributed by atoms with Gasteiger partial charge in [0.2, 0.25) is 5.91 Å². The lowest BCUT2D eigenvalue weighted by Gasteiger charge is -2.46. The topological polar surface area (TPSA) is 228 Å². The quantitative estimate of drug-likeness (QED) is 0.0204. The van der Waals surface area contributed by atoms with E-state index >= 15 is 0 Å². The van der Waals surface area contributed by atoms with Gasteiger partial charge < -0.3 is 65.1 Å². The third-order valence-corrected chi connectivity index (χ3v) is 18.9. The molecule has 0 saturated carbocycles. The number of nitrogens with one attached hydrogen (secondary N) is 1. The molecule has 0 aromatic heterocycles. The van der Waals surface area contributed by atoms with Gasteiger partial charge in [-0.1, -0.05) is 340 Å². The van der Waals surface area contributed by atoms with Gasteiger partial charge in [0, 0.05) is 6.42 Å². The zero-order chi connectivity index (χ0) is 72.2. The third-order valence-electron chi connectivity index (χ3n) is 18.9. The lowest BCUT2D eigenvalue weighted by atomic mass is 9.97. The van der Waals surface area contributed by atoms with Gasteiger partial charge in [-0.15, -0.1) is 0 Å². The fraction of sp³-hybridized carbons (Fsp3) is 0.733. The number of hydrogen-bond acceptors (Lipinski definition) is 13. The molecule has 2 fully saturated rings. The van der Waals surface area contributed by atoms with Crippen molar-refractivity contribution < 1.29 is 64.6 Å². The first-order valence-corrected chi connectivity index (χ1v) is 40.4. The lowest BCUT2D eigenvalue weighted by Crippen LogP contribution is -2.65. The summed E-state index contributed by atoms with van der Waals surface area (Å²) in [6.07, 6.45) is 84.8. The van der Waals surface area contributed by atoms with Gasteiger partial charge in [0.15, 0.2) is 12.6 Å². The maximum atomic E-state index is 13.4. The maximum absolute atomic E-state index is 13.4. The van der Waals surface area contributed by atoms with Crippen molar-refractivity contribution in [1.82, 2.24) is 5.32 Å². The molecule has 0 aromatic carbocycles. The van der Waals surface area contributed by atoms with Gasteiger partial charge >= 0.3 is 0 Å². The van der Waals surface area contributed by atoms with Crippen LogP contribution in [0.1, 0.15) is 309 Å². The molecule has 2 heterocycles. The molecule has 0 radical (unpaired) electrons. The van der Waals surface area contributed by atoms with Crippen LogP contribution in [-0.4, -0.2) is 140 Å². The van der Waals surface area contributed by atoms with Crippen molar-refractivity contribution in [1.29, 1.82) is 0 Å². The van der Waals surface area contributed by atoms with E-state index in [0.29, 0.717) is 12.8 Å². The largest absolute Gasteiger partial charge is 0.394 e. The van der Waals surface area contributed by atoms with Gasteiger partial charge in [0.25, 0.3) is 0 Å². The summed E-state index contributed by atoms with van der Waals surface area (Å²) in [4.78, 5) is 13.4. The molecule has 14 nitrogen and oxygen atoms in total. The summed E-state index contributed by atoms with van der Waals surface area (Å²) in [6.45, 7) is 2.76. The molecule has 0 spiro atoms. The minimum atomic E-state index is -1.79. The summed E-state index contributed by atoms with van der Waals surface area (Å²) >= 11 is 0. The number of allylic oxidation sites excluding steroid dienone is 22.